The van der Waals surface area contributed by atoms with Gasteiger partial charge in [-0.05, 0) is 14.1 Å². The first-order valence-corrected chi connectivity index (χ1v) is 2.71. The van der Waals surface area contributed by atoms with Gasteiger partial charge >= 0.3 is 0 Å². The first kappa shape index (κ1) is 6.92. The van der Waals surface area contributed by atoms with Crippen molar-refractivity contribution in [2.24, 2.45) is 0 Å². The van der Waals surface area contributed by atoms with Gasteiger partial charge < -0.3 is 10.6 Å². The number of rotatable bonds is 3. The van der Waals surface area contributed by atoms with E-state index in [4.69, 9.17) is 0 Å². The molecule has 0 aromatic rings. The van der Waals surface area contributed by atoms with Gasteiger partial charge in [0.2, 0.25) is 0 Å². The van der Waals surface area contributed by atoms with Gasteiger partial charge in [0.25, 0.3) is 0 Å². The lowest BCUT2D eigenvalue weighted by Gasteiger charge is -2.04. The summed E-state index contributed by atoms with van der Waals surface area (Å²) in [5, 5.41) is 0. The zero-order valence-corrected chi connectivity index (χ0v) is 5.28. The standard InChI is InChI=1S/C5H14N2/c1-7(2)5-3-4-6/h3-6H2,1-2H3/p+1. The minimum atomic E-state index is 1.05. The van der Waals surface area contributed by atoms with Crippen LogP contribution >= 0.6 is 0 Å². The highest BCUT2D eigenvalue weighted by molar-refractivity contribution is 4.38. The molecule has 3 N–H and O–H groups in total. The zero-order valence-electron chi connectivity index (χ0n) is 5.28. The van der Waals surface area contributed by atoms with Crippen molar-refractivity contribution in [1.82, 2.24) is 4.90 Å². The van der Waals surface area contributed by atoms with Gasteiger partial charge in [-0.15, -0.1) is 0 Å². The predicted octanol–water partition coefficient (Wildman–Crippen LogP) is -0.820. The van der Waals surface area contributed by atoms with E-state index in [2.05, 4.69) is 24.7 Å². The molecule has 7 heavy (non-hydrogen) atoms. The van der Waals surface area contributed by atoms with Crippen LogP contribution in [0.25, 0.3) is 0 Å². The molecular weight excluding hydrogens is 88.1 g/mol. The smallest absolute Gasteiger partial charge is 0.0752 e. The number of hydrogen-bond donors (Lipinski definition) is 1. The van der Waals surface area contributed by atoms with Crippen LogP contribution in [-0.4, -0.2) is 32.1 Å². The fourth-order valence-corrected chi connectivity index (χ4v) is 0.428. The van der Waals surface area contributed by atoms with Crippen LogP contribution in [0.1, 0.15) is 6.42 Å². The largest absolute Gasteiger partial charge is 0.358 e. The molecule has 0 saturated carbocycles. The van der Waals surface area contributed by atoms with Crippen LogP contribution in [0.3, 0.4) is 0 Å². The summed E-state index contributed by atoms with van der Waals surface area (Å²) >= 11 is 0. The highest BCUT2D eigenvalue weighted by Crippen LogP contribution is 1.75. The van der Waals surface area contributed by atoms with E-state index in [0.29, 0.717) is 0 Å². The third kappa shape index (κ3) is 5.92. The Labute approximate surface area is 45.3 Å². The van der Waals surface area contributed by atoms with Crippen molar-refractivity contribution in [2.75, 3.05) is 27.2 Å². The summed E-state index contributed by atoms with van der Waals surface area (Å²) in [4.78, 5) is 2.17. The Morgan fingerprint density at radius 2 is 2.00 bits per heavy atom. The van der Waals surface area contributed by atoms with Crippen molar-refractivity contribution in [3.63, 3.8) is 0 Å². The van der Waals surface area contributed by atoms with Crippen molar-refractivity contribution in [1.29, 1.82) is 0 Å². The first-order valence-electron chi connectivity index (χ1n) is 2.71. The molecule has 0 aliphatic rings. The summed E-state index contributed by atoms with van der Waals surface area (Å²) in [5.41, 5.74) is 3.73. The molecule has 2 heteroatoms. The predicted molar refractivity (Wildman–Crippen MR) is 30.9 cm³/mol. The van der Waals surface area contributed by atoms with E-state index < -0.39 is 0 Å². The monoisotopic (exact) mass is 103 g/mol. The van der Waals surface area contributed by atoms with Crippen LogP contribution in [0.15, 0.2) is 0 Å². The molecule has 0 fully saturated rings. The first-order chi connectivity index (χ1) is 3.27. The highest BCUT2D eigenvalue weighted by atomic mass is 15.0. The van der Waals surface area contributed by atoms with E-state index in [0.717, 1.165) is 6.54 Å². The average molecular weight is 103 g/mol. The Bertz CT molecular complexity index is 35.1. The van der Waals surface area contributed by atoms with Crippen molar-refractivity contribution in [2.45, 2.75) is 6.42 Å². The van der Waals surface area contributed by atoms with Gasteiger partial charge in [0.05, 0.1) is 6.54 Å². The molecule has 0 aromatic heterocycles. The van der Waals surface area contributed by atoms with Crippen LogP contribution in [0.4, 0.5) is 0 Å². The number of quaternary nitrogens is 1. The van der Waals surface area contributed by atoms with E-state index in [1.807, 2.05) is 0 Å². The maximum Gasteiger partial charge on any atom is 0.0752 e. The van der Waals surface area contributed by atoms with Crippen molar-refractivity contribution in [3.05, 3.63) is 0 Å². The SMILES string of the molecule is CN(C)CCC[NH3+]. The Morgan fingerprint density at radius 1 is 1.43 bits per heavy atom. The Morgan fingerprint density at radius 3 is 2.14 bits per heavy atom. The fraction of sp³-hybridized carbons (Fsp3) is 1.00. The molecule has 0 radical (unpaired) electrons. The van der Waals surface area contributed by atoms with E-state index in [1.165, 1.54) is 13.0 Å². The van der Waals surface area contributed by atoms with Crippen LogP contribution in [-0.2, 0) is 0 Å². The quantitative estimate of drug-likeness (QED) is 0.497. The summed E-state index contributed by atoms with van der Waals surface area (Å²) in [6, 6.07) is 0. The molecule has 0 bridgehead atoms. The topological polar surface area (TPSA) is 30.9 Å². The van der Waals surface area contributed by atoms with Gasteiger partial charge in [-0.1, -0.05) is 0 Å². The molecule has 0 atom stereocenters. The summed E-state index contributed by atoms with van der Waals surface area (Å²) in [6.45, 7) is 2.22. The van der Waals surface area contributed by atoms with Crippen molar-refractivity contribution < 1.29 is 5.73 Å². The second-order valence-corrected chi connectivity index (χ2v) is 2.01. The Balaban J connectivity index is 2.68. The lowest BCUT2D eigenvalue weighted by molar-refractivity contribution is -0.368. The minimum Gasteiger partial charge on any atom is -0.358 e. The summed E-state index contributed by atoms with van der Waals surface area (Å²) in [5.74, 6) is 0. The van der Waals surface area contributed by atoms with Gasteiger partial charge in [0, 0.05) is 13.0 Å². The molecule has 0 spiro atoms. The lowest BCUT2D eigenvalue weighted by atomic mass is 10.4. The number of hydrogen-bond acceptors (Lipinski definition) is 1. The molecule has 0 rings (SSSR count). The van der Waals surface area contributed by atoms with Crippen LogP contribution < -0.4 is 5.73 Å². The summed E-state index contributed by atoms with van der Waals surface area (Å²) in [6.07, 6.45) is 1.22. The molecule has 2 nitrogen and oxygen atoms in total. The maximum absolute atomic E-state index is 3.73. The van der Waals surface area contributed by atoms with Gasteiger partial charge in [0.15, 0.2) is 0 Å². The van der Waals surface area contributed by atoms with Crippen molar-refractivity contribution >= 4 is 0 Å². The third-order valence-corrected chi connectivity index (χ3v) is 0.855. The van der Waals surface area contributed by atoms with E-state index in [1.54, 1.807) is 0 Å². The molecule has 0 aromatic carbocycles. The van der Waals surface area contributed by atoms with E-state index >= 15 is 0 Å². The van der Waals surface area contributed by atoms with E-state index in [-0.39, 0.29) is 0 Å². The second-order valence-electron chi connectivity index (χ2n) is 2.01. The van der Waals surface area contributed by atoms with Crippen LogP contribution in [0, 0.1) is 0 Å². The summed E-state index contributed by atoms with van der Waals surface area (Å²) < 4.78 is 0. The Hall–Kier alpha value is -0.0800. The number of nitrogens with zero attached hydrogens (tertiary/aromatic N) is 1. The molecule has 0 aliphatic carbocycles. The molecule has 0 saturated heterocycles. The fourth-order valence-electron chi connectivity index (χ4n) is 0.428. The highest BCUT2D eigenvalue weighted by Gasteiger charge is 1.85. The second kappa shape index (κ2) is 4.09. The van der Waals surface area contributed by atoms with Gasteiger partial charge in [-0.2, -0.15) is 0 Å². The van der Waals surface area contributed by atoms with Gasteiger partial charge in [-0.3, -0.25) is 0 Å². The average Bonchev–Trinajstić information content (AvgIpc) is 1.61. The molecule has 44 valence electrons. The molecule has 0 aliphatic heterocycles. The molecule has 0 unspecified atom stereocenters. The van der Waals surface area contributed by atoms with Crippen LogP contribution in [0.2, 0.25) is 0 Å². The van der Waals surface area contributed by atoms with Crippen molar-refractivity contribution in [3.8, 4) is 0 Å². The molecular formula is C5H15N2+. The lowest BCUT2D eigenvalue weighted by Crippen LogP contribution is -2.50. The molecule has 0 amide bonds. The van der Waals surface area contributed by atoms with Crippen LogP contribution in [0.5, 0.6) is 0 Å². The van der Waals surface area contributed by atoms with E-state index in [9.17, 15) is 0 Å². The van der Waals surface area contributed by atoms with Gasteiger partial charge in [0.1, 0.15) is 0 Å². The Kier molecular flexibility index (Phi) is 4.04. The summed E-state index contributed by atoms with van der Waals surface area (Å²) in [7, 11) is 4.16. The normalized spacial score (nSPS) is 10.3. The maximum atomic E-state index is 3.73. The van der Waals surface area contributed by atoms with Gasteiger partial charge in [-0.25, -0.2) is 0 Å². The zero-order chi connectivity index (χ0) is 5.70. The minimum absolute atomic E-state index is 1.05. The molecule has 0 heterocycles. The third-order valence-electron chi connectivity index (χ3n) is 0.855.